The molecule has 0 aromatic heterocycles. The Labute approximate surface area is 58.4 Å². The van der Waals surface area contributed by atoms with Gasteiger partial charge in [0.2, 0.25) is 5.91 Å². The highest BCUT2D eigenvalue weighted by atomic mass is 32.2. The summed E-state index contributed by atoms with van der Waals surface area (Å²) in [5.41, 5.74) is 0. The van der Waals surface area contributed by atoms with Gasteiger partial charge < -0.3 is 4.90 Å². The molecule has 6 heteroatoms. The molecule has 1 rings (SSSR count). The monoisotopic (exact) mass is 165 g/mol. The number of amides is 1. The lowest BCUT2D eigenvalue weighted by Gasteiger charge is -1.94. The summed E-state index contributed by atoms with van der Waals surface area (Å²) < 4.78 is 28.9. The topological polar surface area (TPSA) is 74.5 Å². The molecule has 0 aromatic rings. The van der Waals surface area contributed by atoms with E-state index >= 15 is 0 Å². The minimum atomic E-state index is -4.02. The van der Waals surface area contributed by atoms with Crippen LogP contribution in [0.4, 0.5) is 0 Å². The van der Waals surface area contributed by atoms with Crippen LogP contribution in [0.25, 0.3) is 0 Å². The first-order chi connectivity index (χ1) is 4.43. The van der Waals surface area contributed by atoms with E-state index in [-0.39, 0.29) is 12.5 Å². The number of hydrogen-bond donors (Lipinski definition) is 1. The third-order valence-corrected chi connectivity index (χ3v) is 2.41. The highest BCUT2D eigenvalue weighted by Gasteiger charge is 2.46. The van der Waals surface area contributed by atoms with Crippen molar-refractivity contribution in [1.29, 1.82) is 0 Å². The number of nitrogens with zero attached hydrogens (tertiary/aromatic N) is 1. The zero-order valence-electron chi connectivity index (χ0n) is 5.31. The van der Waals surface area contributed by atoms with Crippen LogP contribution in [0.5, 0.6) is 0 Å². The lowest BCUT2D eigenvalue weighted by Crippen LogP contribution is -2.15. The molecule has 10 heavy (non-hydrogen) atoms. The highest BCUT2D eigenvalue weighted by Crippen LogP contribution is 2.21. The second kappa shape index (κ2) is 1.93. The van der Waals surface area contributed by atoms with Crippen molar-refractivity contribution in [3.05, 3.63) is 0 Å². The first-order valence-corrected chi connectivity index (χ1v) is 4.17. The zero-order valence-corrected chi connectivity index (χ0v) is 6.13. The lowest BCUT2D eigenvalue weighted by molar-refractivity contribution is -0.123. The molecule has 1 aliphatic rings. The summed E-state index contributed by atoms with van der Waals surface area (Å²) in [6.07, 6.45) is 0. The van der Waals surface area contributed by atoms with Gasteiger partial charge in [0.1, 0.15) is 0 Å². The maximum Gasteiger partial charge on any atom is 0.288 e. The maximum atomic E-state index is 10.4. The second-order valence-electron chi connectivity index (χ2n) is 2.14. The van der Waals surface area contributed by atoms with E-state index in [1.165, 1.54) is 6.92 Å². The maximum absolute atomic E-state index is 10.4. The zero-order chi connectivity index (χ0) is 7.94. The fraction of sp³-hybridized carbons (Fsp3) is 0.750. The third-order valence-electron chi connectivity index (χ3n) is 1.32. The molecule has 58 valence electrons. The van der Waals surface area contributed by atoms with Gasteiger partial charge in [-0.1, -0.05) is 0 Å². The number of carbonyl (C=O) groups is 1. The number of rotatable bonds is 1. The number of hydrogen-bond acceptors (Lipinski definition) is 3. The Bertz CT molecular complexity index is 256. The summed E-state index contributed by atoms with van der Waals surface area (Å²) in [7, 11) is -4.02. The largest absolute Gasteiger partial charge is 0.319 e. The van der Waals surface area contributed by atoms with Crippen LogP contribution in [0.1, 0.15) is 6.92 Å². The Balaban J connectivity index is 2.64. The van der Waals surface area contributed by atoms with Crippen LogP contribution >= 0.6 is 0 Å². The summed E-state index contributed by atoms with van der Waals surface area (Å²) in [6, 6.07) is 0. The minimum absolute atomic E-state index is 0.119. The van der Waals surface area contributed by atoms with Crippen molar-refractivity contribution in [2.24, 2.45) is 0 Å². The first-order valence-electron chi connectivity index (χ1n) is 2.66. The Kier molecular flexibility index (Phi) is 1.44. The minimum Gasteiger partial charge on any atom is -0.319 e. The normalized spacial score (nSPS) is 24.6. The molecule has 1 heterocycles. The van der Waals surface area contributed by atoms with Gasteiger partial charge in [0.05, 0.1) is 6.54 Å². The molecule has 0 radical (unpaired) electrons. The lowest BCUT2D eigenvalue weighted by atomic mass is 10.7. The van der Waals surface area contributed by atoms with E-state index in [4.69, 9.17) is 4.55 Å². The van der Waals surface area contributed by atoms with Crippen molar-refractivity contribution in [3.8, 4) is 0 Å². The third kappa shape index (κ3) is 1.27. The molecule has 0 spiro atoms. The van der Waals surface area contributed by atoms with E-state index in [2.05, 4.69) is 0 Å². The molecule has 0 saturated carbocycles. The highest BCUT2D eigenvalue weighted by molar-refractivity contribution is 7.86. The van der Waals surface area contributed by atoms with Crippen molar-refractivity contribution >= 4 is 16.0 Å². The van der Waals surface area contributed by atoms with E-state index in [1.54, 1.807) is 0 Å². The average Bonchev–Trinajstić information content (AvgIpc) is 2.35. The van der Waals surface area contributed by atoms with Gasteiger partial charge in [0.25, 0.3) is 10.1 Å². The molecule has 1 N–H and O–H groups in total. The van der Waals surface area contributed by atoms with Gasteiger partial charge in [-0.25, -0.2) is 0 Å². The Morgan fingerprint density at radius 2 is 2.20 bits per heavy atom. The van der Waals surface area contributed by atoms with Crippen molar-refractivity contribution < 1.29 is 17.8 Å². The molecule has 0 bridgehead atoms. The van der Waals surface area contributed by atoms with Gasteiger partial charge in [-0.15, -0.1) is 0 Å². The Hall–Kier alpha value is -0.620. The van der Waals surface area contributed by atoms with E-state index in [0.717, 1.165) is 4.90 Å². The summed E-state index contributed by atoms with van der Waals surface area (Å²) in [4.78, 5) is 11.5. The van der Waals surface area contributed by atoms with Crippen LogP contribution in [0.2, 0.25) is 0 Å². The van der Waals surface area contributed by atoms with Gasteiger partial charge >= 0.3 is 0 Å². The summed E-state index contributed by atoms with van der Waals surface area (Å²) in [5.74, 6) is -0.331. The predicted molar refractivity (Wildman–Crippen MR) is 32.7 cm³/mol. The van der Waals surface area contributed by atoms with Gasteiger partial charge in [0.15, 0.2) is 5.37 Å². The molecule has 1 saturated heterocycles. The van der Waals surface area contributed by atoms with Crippen LogP contribution in [-0.2, 0) is 14.9 Å². The molecule has 1 atom stereocenters. The molecule has 5 nitrogen and oxygen atoms in total. The van der Waals surface area contributed by atoms with E-state index in [9.17, 15) is 13.2 Å². The Morgan fingerprint density at radius 1 is 1.70 bits per heavy atom. The van der Waals surface area contributed by atoms with E-state index < -0.39 is 15.5 Å². The van der Waals surface area contributed by atoms with Crippen LogP contribution in [0, 0.1) is 0 Å². The van der Waals surface area contributed by atoms with Crippen LogP contribution in [-0.4, -0.2) is 35.7 Å². The fourth-order valence-electron chi connectivity index (χ4n) is 0.707. The van der Waals surface area contributed by atoms with Crippen molar-refractivity contribution in [2.75, 3.05) is 6.54 Å². The molecule has 1 aliphatic heterocycles. The molecule has 1 fully saturated rings. The molecular formula is C4H7NO4S. The molecule has 1 unspecified atom stereocenters. The van der Waals surface area contributed by atoms with Crippen LogP contribution < -0.4 is 0 Å². The second-order valence-corrected chi connectivity index (χ2v) is 3.72. The SMILES string of the molecule is CC(=O)N1CC1S(=O)(=O)O. The van der Waals surface area contributed by atoms with Gasteiger partial charge in [-0.05, 0) is 0 Å². The van der Waals surface area contributed by atoms with Gasteiger partial charge in [-0.3, -0.25) is 9.35 Å². The molecular weight excluding hydrogens is 158 g/mol. The summed E-state index contributed by atoms with van der Waals surface area (Å²) in [6.45, 7) is 1.37. The van der Waals surface area contributed by atoms with Crippen molar-refractivity contribution in [2.45, 2.75) is 12.3 Å². The summed E-state index contributed by atoms with van der Waals surface area (Å²) in [5, 5.41) is -0.981. The fourth-order valence-corrected chi connectivity index (χ4v) is 1.53. The van der Waals surface area contributed by atoms with E-state index in [0.29, 0.717) is 0 Å². The Morgan fingerprint density at radius 3 is 2.30 bits per heavy atom. The van der Waals surface area contributed by atoms with Crippen molar-refractivity contribution in [3.63, 3.8) is 0 Å². The number of carbonyl (C=O) groups excluding carboxylic acids is 1. The van der Waals surface area contributed by atoms with Gasteiger partial charge in [0, 0.05) is 6.92 Å². The molecule has 1 amide bonds. The quantitative estimate of drug-likeness (QED) is 0.402. The van der Waals surface area contributed by atoms with Crippen LogP contribution in [0.15, 0.2) is 0 Å². The van der Waals surface area contributed by atoms with E-state index in [1.807, 2.05) is 0 Å². The summed E-state index contributed by atoms with van der Waals surface area (Å²) >= 11 is 0. The smallest absolute Gasteiger partial charge is 0.288 e. The van der Waals surface area contributed by atoms with Crippen molar-refractivity contribution in [1.82, 2.24) is 4.90 Å². The standard InChI is InChI=1S/C4H7NO4S/c1-3(6)5-2-4(5)10(7,8)9/h4H,2H2,1H3,(H,7,8,9). The van der Waals surface area contributed by atoms with Crippen LogP contribution in [0.3, 0.4) is 0 Å². The average molecular weight is 165 g/mol. The molecule has 0 aliphatic carbocycles. The first kappa shape index (κ1) is 7.49. The predicted octanol–water partition coefficient (Wildman–Crippen LogP) is -0.938. The molecule has 0 aromatic carbocycles. The van der Waals surface area contributed by atoms with Gasteiger partial charge in [-0.2, -0.15) is 8.42 Å².